The van der Waals surface area contributed by atoms with Crippen molar-refractivity contribution in [3.8, 4) is 0 Å². The number of ketones is 1. The maximum atomic E-state index is 14.2. The van der Waals surface area contributed by atoms with Gasteiger partial charge in [0.25, 0.3) is 0 Å². The van der Waals surface area contributed by atoms with E-state index in [1.165, 1.54) is 11.1 Å². The molecule has 0 N–H and O–H groups in total. The van der Waals surface area contributed by atoms with Gasteiger partial charge in [-0.1, -0.05) is 46.6 Å². The van der Waals surface area contributed by atoms with E-state index in [0.717, 1.165) is 14.4 Å². The summed E-state index contributed by atoms with van der Waals surface area (Å²) in [5.74, 6) is 0.133. The Morgan fingerprint density at radius 2 is 1.32 bits per heavy atom. The lowest BCUT2D eigenvalue weighted by Gasteiger charge is -2.52. The second kappa shape index (κ2) is 24.2. The van der Waals surface area contributed by atoms with Crippen LogP contribution in [-0.4, -0.2) is 24.1 Å². The van der Waals surface area contributed by atoms with Crippen molar-refractivity contribution in [2.75, 3.05) is 0 Å². The molecule has 0 saturated heterocycles. The smallest absolute Gasteiger partial charge is 0.165 e. The summed E-state index contributed by atoms with van der Waals surface area (Å²) in [5.41, 5.74) is 2.47. The Labute approximate surface area is 312 Å². The number of fused-ring (bicyclic) bond motifs is 2. The van der Waals surface area contributed by atoms with E-state index >= 15 is 0 Å². The number of carbonyl (C=O) groups is 1. The Hall–Kier alpha value is 10.0. The van der Waals surface area contributed by atoms with Crippen LogP contribution < -0.4 is 0 Å². The average molecular weight is 1070 g/mol. The Kier molecular flexibility index (Phi) is 27.6. The highest BCUT2D eigenvalue weighted by molar-refractivity contribution is 9.19. The van der Waals surface area contributed by atoms with Gasteiger partial charge >= 0.3 is 0 Å². The third-order valence-corrected chi connectivity index (χ3v) is 126. The fraction of sp³-hybridized carbons (Fsp3) is 0.800. The molecule has 2 aliphatic rings. The lowest BCUT2D eigenvalue weighted by atomic mass is 9.58. The van der Waals surface area contributed by atoms with Crippen LogP contribution in [0, 0.1) is 17.3 Å². The molecule has 0 amide bonds. The highest BCUT2D eigenvalue weighted by Gasteiger charge is 2.54. The lowest BCUT2D eigenvalue weighted by Crippen LogP contribution is -2.52. The van der Waals surface area contributed by atoms with E-state index < -0.39 is 28.1 Å². The minimum atomic E-state index is -0.673. The van der Waals surface area contributed by atoms with Crippen LogP contribution in [0.4, 0.5) is 0 Å². The molecule has 4 nitrogen and oxygen atoms in total. The van der Waals surface area contributed by atoms with Crippen LogP contribution in [-0.2, 0) is 18.4 Å². The topological polar surface area (TPSA) is 44.8 Å². The van der Waals surface area contributed by atoms with Crippen LogP contribution in [0.2, 0.25) is 0 Å². The van der Waals surface area contributed by atoms with Gasteiger partial charge in [-0.05, 0) is 71.3 Å². The van der Waals surface area contributed by atoms with Gasteiger partial charge < -0.3 is 13.6 Å². The maximum absolute atomic E-state index is 14.2. The minimum Gasteiger partial charge on any atom is -0.347 e. The molecule has 0 spiro atoms. The Balaban J connectivity index is 2.80. The zero-order valence-corrected chi connectivity index (χ0v) is 50.9. The Morgan fingerprint density at radius 3 is 1.75 bits per heavy atom. The van der Waals surface area contributed by atoms with Crippen molar-refractivity contribution in [2.45, 2.75) is 58.8 Å². The quantitative estimate of drug-likeness (QED) is 0.121. The monoisotopic (exact) mass is 1070 g/mol. The number of Topliss-reactive ketones (excluding diaryl/α,β-unsaturated/α-hetero) is 1. The van der Waals surface area contributed by atoms with Crippen LogP contribution in [0.25, 0.3) is 0 Å². The Bertz CT molecular complexity index is 958. The summed E-state index contributed by atoms with van der Waals surface area (Å²) in [6.07, 6.45) is 0.936. The molecule has 0 aromatic rings. The van der Waals surface area contributed by atoms with Crippen LogP contribution in [0.1, 0.15) is 40.5 Å². The summed E-state index contributed by atoms with van der Waals surface area (Å²) in [6.45, 7) is 6.55. The van der Waals surface area contributed by atoms with E-state index in [1.807, 2.05) is 0 Å². The fourth-order valence-electron chi connectivity index (χ4n) is 5.41. The van der Waals surface area contributed by atoms with Crippen molar-refractivity contribution >= 4 is 209 Å². The van der Waals surface area contributed by atoms with Gasteiger partial charge in [0.2, 0.25) is 0 Å². The molecule has 1 saturated carbocycles. The largest absolute Gasteiger partial charge is 0.347 e. The van der Waals surface area contributed by atoms with Crippen LogP contribution in [0.3, 0.4) is 0 Å². The average Bonchev–Trinajstić information content (AvgIpc) is 2.90. The first-order valence-corrected chi connectivity index (χ1v) is 55.8. The molecule has 258 valence electrons. The van der Waals surface area contributed by atoms with Crippen LogP contribution in [0.5, 0.6) is 0 Å². The molecule has 0 aromatic heterocycles. The van der Waals surface area contributed by atoms with Gasteiger partial charge in [-0.2, -0.15) is 0 Å². The number of hydrogen-bond donors (Lipinski definition) is 0. The predicted molar refractivity (Wildman–Crippen MR) is 280 cm³/mol. The zero-order valence-electron chi connectivity index (χ0n) is 24.9. The van der Waals surface area contributed by atoms with E-state index in [1.54, 1.807) is 0 Å². The van der Waals surface area contributed by atoms with Crippen LogP contribution in [0.15, 0.2) is 11.1 Å². The molecule has 24 unspecified atom stereocenters. The van der Waals surface area contributed by atoms with Crippen LogP contribution >= 0.6 is 203 Å². The number of rotatable bonds is 15. The second-order valence-electron chi connectivity index (χ2n) is 10.5. The van der Waals surface area contributed by atoms with E-state index in [0.29, 0.717) is 6.42 Å². The second-order valence-corrected chi connectivity index (χ2v) is 94.9. The molecule has 0 aliphatic heterocycles. The maximum Gasteiger partial charge on any atom is 0.165 e. The normalized spacial score (nSPS) is 29.7. The molecule has 2 bridgehead atoms. The van der Waals surface area contributed by atoms with Crippen molar-refractivity contribution < 1.29 is 18.4 Å². The SMILES string of the molecule is CC1=C2C(OP(P(P)P)P(PP)P(P)P)CC(C)C(=O)C(OPP)C(CC1OP(P(P)P(P)P)P(P(P)P)P(P)P)C2(C)C. The zero-order chi connectivity index (χ0) is 33.8. The molecule has 1 fully saturated rings. The van der Waals surface area contributed by atoms with E-state index in [4.69, 9.17) is 13.6 Å². The summed E-state index contributed by atoms with van der Waals surface area (Å²) < 4.78 is 21.3. The van der Waals surface area contributed by atoms with Crippen molar-refractivity contribution in [1.29, 1.82) is 0 Å². The van der Waals surface area contributed by atoms with E-state index in [2.05, 4.69) is 144 Å². The van der Waals surface area contributed by atoms with Gasteiger partial charge in [0.1, 0.15) is 6.10 Å². The molecule has 0 aromatic carbocycles. The number of hydrogen-bond acceptors (Lipinski definition) is 4. The molecular formula is C15H49O4P25. The first kappa shape index (κ1) is 50.2. The fourth-order valence-corrected chi connectivity index (χ4v) is 168. The standard InChI is InChI=1S/C15H49O4P25/c1-7-5-11(19-35(37(22)23)43(34-21)39(26)27)12-8(2)10(6-9(15(12,3)4)14(13(7)16)17-33-20)18-36(42(32)38(24)25)44(40(28)29)41(30)31/h7,9-11,14,33-34H,5-6,20-32H2,1-4H3. The third-order valence-electron chi connectivity index (χ3n) is 7.33. The third kappa shape index (κ3) is 13.8. The lowest BCUT2D eigenvalue weighted by molar-refractivity contribution is -0.136. The molecule has 0 heterocycles. The first-order chi connectivity index (χ1) is 20.3. The van der Waals surface area contributed by atoms with Gasteiger partial charge in [0.15, 0.2) is 5.78 Å². The van der Waals surface area contributed by atoms with Crippen molar-refractivity contribution in [1.82, 2.24) is 0 Å². The highest BCUT2D eigenvalue weighted by Crippen LogP contribution is 3.18. The summed E-state index contributed by atoms with van der Waals surface area (Å²) in [7, 11) is 39.7. The molecular weight excluding hydrogens is 1020 g/mol. The summed E-state index contributed by atoms with van der Waals surface area (Å²) >= 11 is 0. The van der Waals surface area contributed by atoms with Gasteiger partial charge in [-0.25, -0.2) is 0 Å². The van der Waals surface area contributed by atoms with Crippen molar-refractivity contribution in [3.05, 3.63) is 11.1 Å². The van der Waals surface area contributed by atoms with Gasteiger partial charge in [-0.15, -0.1) is 98.2 Å². The first-order valence-electron chi connectivity index (χ1n) is 12.7. The summed E-state index contributed by atoms with van der Waals surface area (Å²) in [5, 5.41) is 0. The molecule has 0 radical (unpaired) electrons. The van der Waals surface area contributed by atoms with Gasteiger partial charge in [0, 0.05) is 41.3 Å². The predicted octanol–water partition coefficient (Wildman–Crippen LogP) is 16.5. The van der Waals surface area contributed by atoms with E-state index in [-0.39, 0.29) is 92.7 Å². The van der Waals surface area contributed by atoms with E-state index in [9.17, 15) is 4.79 Å². The number of carbonyl (C=O) groups excluding carboxylic acids is 1. The van der Waals surface area contributed by atoms with Gasteiger partial charge in [-0.3, -0.25) is 4.79 Å². The van der Waals surface area contributed by atoms with Crippen molar-refractivity contribution in [2.24, 2.45) is 17.3 Å². The summed E-state index contributed by atoms with van der Waals surface area (Å²) in [6, 6.07) is 0. The summed E-state index contributed by atoms with van der Waals surface area (Å²) in [4.78, 5) is 14.2. The molecule has 24 atom stereocenters. The minimum absolute atomic E-state index is 0.0281. The molecule has 2 rings (SSSR count). The van der Waals surface area contributed by atoms with Crippen molar-refractivity contribution in [3.63, 3.8) is 0 Å². The Morgan fingerprint density at radius 1 is 0.773 bits per heavy atom. The molecule has 2 aliphatic carbocycles. The molecule has 44 heavy (non-hydrogen) atoms. The highest BCUT2D eigenvalue weighted by atomic mass is 33.2. The van der Waals surface area contributed by atoms with Gasteiger partial charge in [0.05, 0.1) is 27.3 Å². The molecule has 29 heteroatoms.